The lowest BCUT2D eigenvalue weighted by Crippen LogP contribution is -2.12. The predicted octanol–water partition coefficient (Wildman–Crippen LogP) is 2.91. The van der Waals surface area contributed by atoms with Crippen LogP contribution in [0.1, 0.15) is 23.0 Å². The van der Waals surface area contributed by atoms with Crippen molar-refractivity contribution in [3.63, 3.8) is 0 Å². The fraction of sp³-hybridized carbons (Fsp3) is 0.333. The van der Waals surface area contributed by atoms with E-state index < -0.39 is 23.4 Å². The highest BCUT2D eigenvalue weighted by atomic mass is 32.2. The van der Waals surface area contributed by atoms with Gasteiger partial charge in [0.05, 0.1) is 10.5 Å². The van der Waals surface area contributed by atoms with Crippen molar-refractivity contribution in [3.8, 4) is 0 Å². The molecule has 0 bridgehead atoms. The summed E-state index contributed by atoms with van der Waals surface area (Å²) in [5.41, 5.74) is -1.51. The van der Waals surface area contributed by atoms with Gasteiger partial charge in [-0.25, -0.2) is 9.78 Å². The molecule has 0 radical (unpaired) electrons. The van der Waals surface area contributed by atoms with Crippen LogP contribution in [-0.4, -0.2) is 21.8 Å². The second-order valence-electron chi connectivity index (χ2n) is 2.77. The fourth-order valence-corrected chi connectivity index (χ4v) is 2.02. The van der Waals surface area contributed by atoms with Gasteiger partial charge in [-0.15, -0.1) is 11.8 Å². The molecule has 0 aromatic carbocycles. The molecule has 0 atom stereocenters. The number of thioether (sulfide) groups is 1. The Morgan fingerprint density at radius 3 is 2.62 bits per heavy atom. The molecule has 7 heteroatoms. The number of nitrogens with zero attached hydrogens (tertiary/aromatic N) is 1. The van der Waals surface area contributed by atoms with E-state index in [1.165, 1.54) is 0 Å². The lowest BCUT2D eigenvalue weighted by Gasteiger charge is -2.12. The number of hydrogen-bond donors (Lipinski definition) is 1. The quantitative estimate of drug-likeness (QED) is 0.839. The smallest absolute Gasteiger partial charge is 0.417 e. The lowest BCUT2D eigenvalue weighted by molar-refractivity contribution is -0.139. The summed E-state index contributed by atoms with van der Waals surface area (Å²) < 4.78 is 37.7. The van der Waals surface area contributed by atoms with Gasteiger partial charge in [-0.2, -0.15) is 13.2 Å². The lowest BCUT2D eigenvalue weighted by atomic mass is 10.2. The van der Waals surface area contributed by atoms with Gasteiger partial charge in [0, 0.05) is 6.20 Å². The number of carboxylic acids is 1. The molecule has 1 aromatic rings. The summed E-state index contributed by atoms with van der Waals surface area (Å²) in [6, 6.07) is 0.782. The minimum absolute atomic E-state index is 0.329. The van der Waals surface area contributed by atoms with E-state index in [-0.39, 0.29) is 4.90 Å². The van der Waals surface area contributed by atoms with Gasteiger partial charge in [-0.05, 0) is 11.8 Å². The number of halogens is 3. The second kappa shape index (κ2) is 4.73. The van der Waals surface area contributed by atoms with Gasteiger partial charge >= 0.3 is 12.1 Å². The van der Waals surface area contributed by atoms with Gasteiger partial charge in [0.15, 0.2) is 5.69 Å². The molecule has 1 aromatic heterocycles. The van der Waals surface area contributed by atoms with Gasteiger partial charge in [0.1, 0.15) is 0 Å². The third kappa shape index (κ3) is 2.66. The van der Waals surface area contributed by atoms with Crippen molar-refractivity contribution in [2.24, 2.45) is 0 Å². The van der Waals surface area contributed by atoms with E-state index in [2.05, 4.69) is 4.98 Å². The third-order valence-electron chi connectivity index (χ3n) is 1.70. The first-order valence-electron chi connectivity index (χ1n) is 4.30. The molecular weight excluding hydrogens is 243 g/mol. The van der Waals surface area contributed by atoms with E-state index in [9.17, 15) is 18.0 Å². The maximum absolute atomic E-state index is 12.6. The van der Waals surface area contributed by atoms with E-state index in [4.69, 9.17) is 5.11 Å². The van der Waals surface area contributed by atoms with E-state index >= 15 is 0 Å². The number of carboxylic acid groups (broad SMARTS) is 1. The Bertz CT molecular complexity index is 406. The van der Waals surface area contributed by atoms with Crippen molar-refractivity contribution in [3.05, 3.63) is 23.5 Å². The molecule has 0 saturated heterocycles. The summed E-state index contributed by atoms with van der Waals surface area (Å²) in [4.78, 5) is 13.9. The Morgan fingerprint density at radius 1 is 1.56 bits per heavy atom. The van der Waals surface area contributed by atoms with Crippen LogP contribution in [0, 0.1) is 0 Å². The van der Waals surface area contributed by atoms with Crippen molar-refractivity contribution < 1.29 is 23.1 Å². The monoisotopic (exact) mass is 251 g/mol. The van der Waals surface area contributed by atoms with Crippen LogP contribution in [-0.2, 0) is 6.18 Å². The summed E-state index contributed by atoms with van der Waals surface area (Å²) in [6.07, 6.45) is -3.71. The average Bonchev–Trinajstić information content (AvgIpc) is 2.16. The SMILES string of the molecule is CCSc1c(C(F)(F)F)ccnc1C(=O)O. The van der Waals surface area contributed by atoms with Crippen LogP contribution < -0.4 is 0 Å². The summed E-state index contributed by atoms with van der Waals surface area (Å²) in [7, 11) is 0. The Hall–Kier alpha value is -1.24. The van der Waals surface area contributed by atoms with Crippen molar-refractivity contribution in [2.45, 2.75) is 18.0 Å². The van der Waals surface area contributed by atoms with Crippen molar-refractivity contribution in [1.29, 1.82) is 0 Å². The first-order chi connectivity index (χ1) is 7.38. The molecular formula is C9H8F3NO2S. The molecule has 0 aliphatic carbocycles. The first-order valence-corrected chi connectivity index (χ1v) is 5.28. The van der Waals surface area contributed by atoms with Crippen LogP contribution >= 0.6 is 11.8 Å². The molecule has 0 unspecified atom stereocenters. The van der Waals surface area contributed by atoms with Gasteiger partial charge in [-0.1, -0.05) is 6.92 Å². The zero-order valence-electron chi connectivity index (χ0n) is 8.21. The number of aromatic nitrogens is 1. The van der Waals surface area contributed by atoms with Crippen molar-refractivity contribution in [2.75, 3.05) is 5.75 Å². The Morgan fingerprint density at radius 2 is 2.19 bits per heavy atom. The summed E-state index contributed by atoms with van der Waals surface area (Å²) in [5.74, 6) is -1.11. The van der Waals surface area contributed by atoms with E-state index in [0.717, 1.165) is 24.0 Å². The first kappa shape index (κ1) is 12.8. The highest BCUT2D eigenvalue weighted by Gasteiger charge is 2.35. The van der Waals surface area contributed by atoms with Gasteiger partial charge in [-0.3, -0.25) is 0 Å². The van der Waals surface area contributed by atoms with Crippen molar-refractivity contribution in [1.82, 2.24) is 4.98 Å². The zero-order chi connectivity index (χ0) is 12.3. The molecule has 1 N–H and O–H groups in total. The minimum Gasteiger partial charge on any atom is -0.476 e. The molecule has 0 spiro atoms. The van der Waals surface area contributed by atoms with Crippen molar-refractivity contribution >= 4 is 17.7 Å². The van der Waals surface area contributed by atoms with E-state index in [1.807, 2.05) is 0 Å². The number of hydrogen-bond acceptors (Lipinski definition) is 3. The molecule has 0 amide bonds. The number of pyridine rings is 1. The van der Waals surface area contributed by atoms with Crippen LogP contribution in [0.4, 0.5) is 13.2 Å². The van der Waals surface area contributed by atoms with Crippen LogP contribution in [0.25, 0.3) is 0 Å². The van der Waals surface area contributed by atoms with Gasteiger partial charge in [0.2, 0.25) is 0 Å². The third-order valence-corrected chi connectivity index (χ3v) is 2.69. The average molecular weight is 251 g/mol. The van der Waals surface area contributed by atoms with Gasteiger partial charge in [0.25, 0.3) is 0 Å². The number of alkyl halides is 3. The topological polar surface area (TPSA) is 50.2 Å². The van der Waals surface area contributed by atoms with Crippen LogP contribution in [0.5, 0.6) is 0 Å². The second-order valence-corrected chi connectivity index (χ2v) is 4.05. The molecule has 1 rings (SSSR count). The largest absolute Gasteiger partial charge is 0.476 e. The van der Waals surface area contributed by atoms with Crippen LogP contribution in [0.15, 0.2) is 17.2 Å². The number of carbonyl (C=O) groups is 1. The summed E-state index contributed by atoms with van der Waals surface area (Å²) in [6.45, 7) is 1.64. The zero-order valence-corrected chi connectivity index (χ0v) is 9.02. The maximum Gasteiger partial charge on any atom is 0.417 e. The minimum atomic E-state index is -4.56. The Balaban J connectivity index is 3.38. The molecule has 0 aliphatic rings. The molecule has 88 valence electrons. The molecule has 0 saturated carbocycles. The maximum atomic E-state index is 12.6. The molecule has 3 nitrogen and oxygen atoms in total. The van der Waals surface area contributed by atoms with E-state index in [1.54, 1.807) is 6.92 Å². The highest BCUT2D eigenvalue weighted by Crippen LogP contribution is 2.37. The van der Waals surface area contributed by atoms with E-state index in [0.29, 0.717) is 5.75 Å². The predicted molar refractivity (Wildman–Crippen MR) is 52.6 cm³/mol. The molecule has 0 fully saturated rings. The standard InChI is InChI=1S/C9H8F3NO2S/c1-2-16-7-5(9(10,11)12)3-4-13-6(7)8(14)15/h3-4H,2H2,1H3,(H,14,15). The molecule has 0 aliphatic heterocycles. The Kier molecular flexibility index (Phi) is 3.79. The molecule has 1 heterocycles. The molecule has 16 heavy (non-hydrogen) atoms. The fourth-order valence-electron chi connectivity index (χ4n) is 1.11. The summed E-state index contributed by atoms with van der Waals surface area (Å²) >= 11 is 0.820. The van der Waals surface area contributed by atoms with Crippen LogP contribution in [0.2, 0.25) is 0 Å². The summed E-state index contributed by atoms with van der Waals surface area (Å²) in [5, 5.41) is 8.74. The highest BCUT2D eigenvalue weighted by molar-refractivity contribution is 7.99. The number of rotatable bonds is 3. The Labute approximate surface area is 93.7 Å². The number of aromatic carboxylic acids is 1. The van der Waals surface area contributed by atoms with Crippen LogP contribution in [0.3, 0.4) is 0 Å². The normalized spacial score (nSPS) is 11.5. The van der Waals surface area contributed by atoms with Gasteiger partial charge < -0.3 is 5.11 Å².